The molecule has 4 aliphatic rings. The van der Waals surface area contributed by atoms with E-state index in [9.17, 15) is 19.8 Å². The minimum absolute atomic E-state index is 0.0290. The number of rotatable bonds is 20. The van der Waals surface area contributed by atoms with Crippen molar-refractivity contribution in [3.05, 3.63) is 107 Å². The number of carbonyl (C=O) groups is 3. The number of carbonyl (C=O) groups excluding carboxylic acids is 3. The molecule has 3 aliphatic heterocycles. The van der Waals surface area contributed by atoms with Gasteiger partial charge in [-0.2, -0.15) is 5.06 Å². The topological polar surface area (TPSA) is 147 Å². The molecule has 3 aromatic rings. The molecule has 0 spiro atoms. The lowest BCUT2D eigenvalue weighted by molar-refractivity contribution is -0.225. The molecular formula is C48H61N3O9. The Labute approximate surface area is 353 Å². The van der Waals surface area contributed by atoms with Crippen molar-refractivity contribution in [3.8, 4) is 5.75 Å². The van der Waals surface area contributed by atoms with E-state index in [1.807, 2.05) is 78.9 Å². The summed E-state index contributed by atoms with van der Waals surface area (Å²) in [6, 6.07) is 22.4. The highest BCUT2D eigenvalue weighted by molar-refractivity contribution is 5.96. The van der Waals surface area contributed by atoms with Crippen LogP contribution in [-0.2, 0) is 52.8 Å². The first kappa shape index (κ1) is 43.5. The number of para-hydroxylation sites is 1. The number of phenolic OH excluding ortho intramolecular Hbond substituents is 1. The zero-order chi connectivity index (χ0) is 42.3. The molecule has 3 heterocycles. The molecule has 1 aliphatic carbocycles. The summed E-state index contributed by atoms with van der Waals surface area (Å²) in [5, 5.41) is 24.3. The molecule has 3 aromatic carbocycles. The predicted octanol–water partition coefficient (Wildman–Crippen LogP) is 6.27. The van der Waals surface area contributed by atoms with Crippen LogP contribution in [0.25, 0.3) is 6.08 Å². The number of aromatic hydroxyl groups is 1. The number of aliphatic hydroxyl groups excluding tert-OH is 1. The van der Waals surface area contributed by atoms with Crippen LogP contribution in [0.15, 0.2) is 84.9 Å². The number of ether oxygens (including phenoxy) is 3. The van der Waals surface area contributed by atoms with Gasteiger partial charge in [-0.3, -0.25) is 19.2 Å². The van der Waals surface area contributed by atoms with Gasteiger partial charge in [-0.05, 0) is 47.6 Å². The van der Waals surface area contributed by atoms with Gasteiger partial charge in [0.15, 0.2) is 11.8 Å². The molecule has 0 radical (unpaired) electrons. The number of allylic oxidation sites excluding steroid dienone is 1. The van der Waals surface area contributed by atoms with Crippen molar-refractivity contribution in [2.75, 3.05) is 20.2 Å². The summed E-state index contributed by atoms with van der Waals surface area (Å²) < 4.78 is 20.4. The fourth-order valence-electron chi connectivity index (χ4n) is 9.69. The molecule has 3 N–H and O–H groups in total. The summed E-state index contributed by atoms with van der Waals surface area (Å²) in [7, 11) is 1.62. The predicted molar refractivity (Wildman–Crippen MR) is 226 cm³/mol. The van der Waals surface area contributed by atoms with Crippen LogP contribution < -0.4 is 5.32 Å². The van der Waals surface area contributed by atoms with Gasteiger partial charge in [-0.1, -0.05) is 124 Å². The van der Waals surface area contributed by atoms with Gasteiger partial charge in [-0.25, -0.2) is 0 Å². The van der Waals surface area contributed by atoms with E-state index in [0.717, 1.165) is 60.8 Å². The first-order valence-electron chi connectivity index (χ1n) is 21.8. The first-order valence-corrected chi connectivity index (χ1v) is 21.8. The third-order valence-corrected chi connectivity index (χ3v) is 12.8. The lowest BCUT2D eigenvalue weighted by Crippen LogP contribution is -2.70. The van der Waals surface area contributed by atoms with Crippen LogP contribution in [-0.4, -0.2) is 100 Å². The van der Waals surface area contributed by atoms with Crippen molar-refractivity contribution < 1.29 is 43.6 Å². The Kier molecular flexibility index (Phi) is 14.1. The molecule has 1 saturated carbocycles. The Bertz CT molecular complexity index is 1960. The lowest BCUT2D eigenvalue weighted by atomic mass is 9.62. The van der Waals surface area contributed by atoms with Crippen molar-refractivity contribution in [2.45, 2.75) is 133 Å². The third kappa shape index (κ3) is 8.90. The second kappa shape index (κ2) is 19.4. The second-order valence-electron chi connectivity index (χ2n) is 16.8. The SMILES string of the molecule is CCCCCC1(CCCCC)O[C@@H]2[C@H](O1)[C@H]1ON(Cc3ccccc3C=CCc3ccccc3O)[C@H]3C(=O)O[C@@H]2C[C@@]13C(=O)N(C)[C@H](Cc1ccccc1)C(=O)NCCO. The largest absolute Gasteiger partial charge is 0.508 e. The summed E-state index contributed by atoms with van der Waals surface area (Å²) >= 11 is 0. The molecule has 3 saturated heterocycles. The number of hydroxylamine groups is 2. The number of esters is 1. The van der Waals surface area contributed by atoms with Crippen molar-refractivity contribution in [1.29, 1.82) is 0 Å². The van der Waals surface area contributed by atoms with Gasteiger partial charge in [0.2, 0.25) is 11.8 Å². The maximum absolute atomic E-state index is 15.6. The number of likely N-dealkylation sites (N-methyl/N-ethyl adjacent to an activating group) is 1. The van der Waals surface area contributed by atoms with Crippen molar-refractivity contribution >= 4 is 23.9 Å². The zero-order valence-corrected chi connectivity index (χ0v) is 35.2. The van der Waals surface area contributed by atoms with Crippen LogP contribution in [0.3, 0.4) is 0 Å². The first-order chi connectivity index (χ1) is 29.1. The van der Waals surface area contributed by atoms with E-state index in [2.05, 4.69) is 19.2 Å². The van der Waals surface area contributed by atoms with Gasteiger partial charge in [0, 0.05) is 39.3 Å². The number of nitrogens with zero attached hydrogens (tertiary/aromatic N) is 2. The number of nitrogens with one attached hydrogen (secondary N) is 1. The average Bonchev–Trinajstić information content (AvgIpc) is 3.81. The summed E-state index contributed by atoms with van der Waals surface area (Å²) in [6.45, 7) is 4.24. The molecule has 2 bridgehead atoms. The van der Waals surface area contributed by atoms with Gasteiger partial charge < -0.3 is 34.6 Å². The fourth-order valence-corrected chi connectivity index (χ4v) is 9.69. The normalized spacial score (nSPS) is 25.8. The van der Waals surface area contributed by atoms with Crippen molar-refractivity contribution in [2.24, 2.45) is 5.41 Å². The molecule has 4 fully saturated rings. The quantitative estimate of drug-likeness (QED) is 0.0881. The standard InChI is InChI=1S/C48H61N3O9/c1-4-6-15-26-47(27-16-7-5-2)58-40-39-31-48(46(56)50(3)37(44(54)49-28-29-52)30-33-18-9-8-10-19-33)42(45(55)57-39)51(60-43(48)41(40)59-47)32-36-22-12-11-20-34(36)23-17-24-35-21-13-14-25-38(35)53/h8-14,17-23,25,37,39-43,52-53H,4-7,15-16,24,26-32H2,1-3H3,(H,49,54)/t37-,39-,40+,41+,42+,43-,48+/m1/s1. The highest BCUT2D eigenvalue weighted by Crippen LogP contribution is 2.58. The van der Waals surface area contributed by atoms with Gasteiger partial charge in [0.05, 0.1) is 13.2 Å². The molecule has 2 amide bonds. The minimum Gasteiger partial charge on any atom is -0.508 e. The Morgan fingerprint density at radius 2 is 1.58 bits per heavy atom. The number of fused-ring (bicyclic) bond motifs is 4. The number of hydrogen-bond acceptors (Lipinski definition) is 10. The lowest BCUT2D eigenvalue weighted by Gasteiger charge is -2.50. The van der Waals surface area contributed by atoms with Crippen LogP contribution in [0, 0.1) is 5.41 Å². The van der Waals surface area contributed by atoms with Gasteiger partial charge in [-0.15, -0.1) is 0 Å². The highest BCUT2D eigenvalue weighted by Gasteiger charge is 2.76. The van der Waals surface area contributed by atoms with Crippen molar-refractivity contribution in [1.82, 2.24) is 15.3 Å². The molecule has 7 rings (SSSR count). The van der Waals surface area contributed by atoms with E-state index in [1.54, 1.807) is 24.2 Å². The van der Waals surface area contributed by atoms with E-state index in [1.165, 1.54) is 4.90 Å². The third-order valence-electron chi connectivity index (χ3n) is 12.8. The average molecular weight is 824 g/mol. The summed E-state index contributed by atoms with van der Waals surface area (Å²) in [6.07, 6.45) is 9.01. The second-order valence-corrected chi connectivity index (χ2v) is 16.8. The smallest absolute Gasteiger partial charge is 0.327 e. The van der Waals surface area contributed by atoms with Crippen LogP contribution in [0.1, 0.15) is 93.9 Å². The summed E-state index contributed by atoms with van der Waals surface area (Å²) in [5.41, 5.74) is 1.91. The van der Waals surface area contributed by atoms with Crippen LogP contribution in [0.4, 0.5) is 0 Å². The van der Waals surface area contributed by atoms with E-state index < -0.39 is 65.5 Å². The monoisotopic (exact) mass is 823 g/mol. The molecule has 322 valence electrons. The van der Waals surface area contributed by atoms with E-state index in [0.29, 0.717) is 19.3 Å². The van der Waals surface area contributed by atoms with Crippen LogP contribution in [0.5, 0.6) is 5.75 Å². The van der Waals surface area contributed by atoms with Gasteiger partial charge in [0.25, 0.3) is 0 Å². The Morgan fingerprint density at radius 3 is 2.28 bits per heavy atom. The van der Waals surface area contributed by atoms with Gasteiger partial charge in [0.1, 0.15) is 41.6 Å². The number of phenols is 1. The van der Waals surface area contributed by atoms with Crippen LogP contribution >= 0.6 is 0 Å². The molecule has 12 nitrogen and oxygen atoms in total. The Morgan fingerprint density at radius 1 is 0.917 bits per heavy atom. The molecule has 12 heteroatoms. The van der Waals surface area contributed by atoms with Gasteiger partial charge >= 0.3 is 5.97 Å². The molecule has 0 aromatic heterocycles. The molecule has 0 unspecified atom stereocenters. The fraction of sp³-hybridized carbons (Fsp3) is 0.521. The zero-order valence-electron chi connectivity index (χ0n) is 35.2. The number of benzene rings is 3. The maximum Gasteiger partial charge on any atom is 0.327 e. The molecular weight excluding hydrogens is 763 g/mol. The van der Waals surface area contributed by atoms with Crippen LogP contribution in [0.2, 0.25) is 0 Å². The number of aliphatic hydroxyl groups is 1. The number of hydrogen-bond donors (Lipinski definition) is 3. The molecule has 7 atom stereocenters. The summed E-state index contributed by atoms with van der Waals surface area (Å²) in [4.78, 5) is 52.6. The van der Waals surface area contributed by atoms with E-state index in [-0.39, 0.29) is 38.3 Å². The van der Waals surface area contributed by atoms with E-state index >= 15 is 4.79 Å². The van der Waals surface area contributed by atoms with Crippen molar-refractivity contribution in [3.63, 3.8) is 0 Å². The van der Waals surface area contributed by atoms with E-state index in [4.69, 9.17) is 19.0 Å². The maximum atomic E-state index is 15.6. The number of unbranched alkanes of at least 4 members (excludes halogenated alkanes) is 4. The minimum atomic E-state index is -1.48. The molecule has 60 heavy (non-hydrogen) atoms. The highest BCUT2D eigenvalue weighted by atomic mass is 16.8. The number of amides is 2. The Balaban J connectivity index is 1.26. The Hall–Kier alpha value is -4.59. The summed E-state index contributed by atoms with van der Waals surface area (Å²) in [5.74, 6) is -2.09.